The molecule has 0 radical (unpaired) electrons. The minimum Gasteiger partial charge on any atom is -0.481 e. The van der Waals surface area contributed by atoms with E-state index in [9.17, 15) is 14.7 Å². The summed E-state index contributed by atoms with van der Waals surface area (Å²) in [7, 11) is 0. The first-order valence-electron chi connectivity index (χ1n) is 8.69. The average molecular weight is 357 g/mol. The van der Waals surface area contributed by atoms with E-state index >= 15 is 0 Å². The number of hydrogen-bond donors (Lipinski definition) is 2. The van der Waals surface area contributed by atoms with Crippen LogP contribution in [-0.4, -0.2) is 35.0 Å². The van der Waals surface area contributed by atoms with Gasteiger partial charge < -0.3 is 10.4 Å². The van der Waals surface area contributed by atoms with Crippen molar-refractivity contribution < 1.29 is 14.7 Å². The molecule has 1 aliphatic rings. The molecule has 4 nitrogen and oxygen atoms in total. The van der Waals surface area contributed by atoms with Crippen LogP contribution in [0.1, 0.15) is 18.4 Å². The van der Waals surface area contributed by atoms with Crippen LogP contribution in [0.5, 0.6) is 0 Å². The van der Waals surface area contributed by atoms with Gasteiger partial charge in [-0.25, -0.2) is 0 Å². The number of fused-ring (bicyclic) bond motifs is 1. The summed E-state index contributed by atoms with van der Waals surface area (Å²) in [5.41, 5.74) is 0.981. The average Bonchev–Trinajstić information content (AvgIpc) is 2.65. The van der Waals surface area contributed by atoms with Gasteiger partial charge in [-0.3, -0.25) is 9.59 Å². The molecule has 0 bridgehead atoms. The van der Waals surface area contributed by atoms with Gasteiger partial charge in [0, 0.05) is 12.5 Å². The number of rotatable bonds is 6. The SMILES string of the molecule is O=C(O)C(CNC(=O)C1CCSCC1)Cc1ccc2ccccc2c1. The lowest BCUT2D eigenvalue weighted by atomic mass is 9.96. The Hall–Kier alpha value is -2.01. The van der Waals surface area contributed by atoms with Crippen LogP contribution in [0.15, 0.2) is 42.5 Å². The fourth-order valence-electron chi connectivity index (χ4n) is 3.22. The van der Waals surface area contributed by atoms with Crippen LogP contribution in [0.4, 0.5) is 0 Å². The largest absolute Gasteiger partial charge is 0.481 e. The van der Waals surface area contributed by atoms with E-state index in [4.69, 9.17) is 0 Å². The van der Waals surface area contributed by atoms with Crippen LogP contribution >= 0.6 is 11.8 Å². The molecule has 1 saturated heterocycles. The Morgan fingerprint density at radius 2 is 1.84 bits per heavy atom. The number of nitrogens with one attached hydrogen (secondary N) is 1. The van der Waals surface area contributed by atoms with Gasteiger partial charge in [0.25, 0.3) is 0 Å². The smallest absolute Gasteiger partial charge is 0.308 e. The molecule has 132 valence electrons. The number of hydrogen-bond acceptors (Lipinski definition) is 3. The highest BCUT2D eigenvalue weighted by atomic mass is 32.2. The van der Waals surface area contributed by atoms with E-state index in [1.165, 1.54) is 0 Å². The van der Waals surface area contributed by atoms with Gasteiger partial charge in [0.15, 0.2) is 0 Å². The maximum atomic E-state index is 12.2. The molecule has 2 aromatic carbocycles. The standard InChI is InChI=1S/C20H23NO3S/c22-19(16-7-9-25-10-8-16)21-13-18(20(23)24)12-14-5-6-15-3-1-2-4-17(15)11-14/h1-6,11,16,18H,7-10,12-13H2,(H,21,22)(H,23,24). The van der Waals surface area contributed by atoms with Gasteiger partial charge >= 0.3 is 5.97 Å². The van der Waals surface area contributed by atoms with Crippen LogP contribution in [0.25, 0.3) is 10.8 Å². The summed E-state index contributed by atoms with van der Waals surface area (Å²) in [6.45, 7) is 0.185. The van der Waals surface area contributed by atoms with E-state index in [0.717, 1.165) is 40.7 Å². The summed E-state index contributed by atoms with van der Waals surface area (Å²) in [6, 6.07) is 14.0. The quantitative estimate of drug-likeness (QED) is 0.832. The highest BCUT2D eigenvalue weighted by Crippen LogP contribution is 2.23. The number of benzene rings is 2. The predicted molar refractivity (Wildman–Crippen MR) is 102 cm³/mol. The third kappa shape index (κ3) is 4.75. The number of carboxylic acid groups (broad SMARTS) is 1. The Morgan fingerprint density at radius 1 is 1.12 bits per heavy atom. The van der Waals surface area contributed by atoms with Gasteiger partial charge in [0.05, 0.1) is 5.92 Å². The first kappa shape index (κ1) is 17.8. The lowest BCUT2D eigenvalue weighted by molar-refractivity contribution is -0.141. The Labute approximate surface area is 152 Å². The van der Waals surface area contributed by atoms with Gasteiger partial charge in [-0.2, -0.15) is 11.8 Å². The molecule has 25 heavy (non-hydrogen) atoms. The Kier molecular flexibility index (Phi) is 5.97. The van der Waals surface area contributed by atoms with Crippen molar-refractivity contribution in [2.75, 3.05) is 18.1 Å². The van der Waals surface area contributed by atoms with E-state index in [-0.39, 0.29) is 18.4 Å². The van der Waals surface area contributed by atoms with Crippen LogP contribution in [0, 0.1) is 11.8 Å². The van der Waals surface area contributed by atoms with Crippen molar-refractivity contribution in [3.05, 3.63) is 48.0 Å². The molecule has 1 fully saturated rings. The van der Waals surface area contributed by atoms with Gasteiger partial charge in [-0.1, -0.05) is 42.5 Å². The predicted octanol–water partition coefficient (Wildman–Crippen LogP) is 3.34. The van der Waals surface area contributed by atoms with Gasteiger partial charge in [0.2, 0.25) is 5.91 Å². The van der Waals surface area contributed by atoms with Gasteiger partial charge in [0.1, 0.15) is 0 Å². The van der Waals surface area contributed by atoms with E-state index in [1.54, 1.807) is 0 Å². The monoisotopic (exact) mass is 357 g/mol. The Balaban J connectivity index is 1.62. The zero-order valence-corrected chi connectivity index (χ0v) is 14.9. The van der Waals surface area contributed by atoms with E-state index < -0.39 is 11.9 Å². The maximum Gasteiger partial charge on any atom is 0.308 e. The van der Waals surface area contributed by atoms with Crippen LogP contribution in [0.2, 0.25) is 0 Å². The molecule has 5 heteroatoms. The van der Waals surface area contributed by atoms with Crippen molar-refractivity contribution in [2.45, 2.75) is 19.3 Å². The lowest BCUT2D eigenvalue weighted by Gasteiger charge is -2.22. The molecule has 1 unspecified atom stereocenters. The maximum absolute atomic E-state index is 12.2. The number of aliphatic carboxylic acids is 1. The summed E-state index contributed by atoms with van der Waals surface area (Å²) in [5, 5.41) is 14.6. The zero-order valence-electron chi connectivity index (χ0n) is 14.1. The van der Waals surface area contributed by atoms with Crippen molar-refractivity contribution in [1.29, 1.82) is 0 Å². The molecule has 1 atom stereocenters. The van der Waals surface area contributed by atoms with E-state index in [0.29, 0.717) is 6.42 Å². The Morgan fingerprint density at radius 3 is 2.56 bits per heavy atom. The molecule has 1 aliphatic heterocycles. The number of carboxylic acids is 1. The van der Waals surface area contributed by atoms with Crippen molar-refractivity contribution >= 4 is 34.4 Å². The highest BCUT2D eigenvalue weighted by molar-refractivity contribution is 7.99. The third-order valence-corrected chi connectivity index (χ3v) is 5.81. The number of thioether (sulfide) groups is 1. The molecule has 0 spiro atoms. The fourth-order valence-corrected chi connectivity index (χ4v) is 4.33. The second-order valence-electron chi connectivity index (χ2n) is 6.55. The minimum absolute atomic E-state index is 0.00469. The second kappa shape index (κ2) is 8.39. The summed E-state index contributed by atoms with van der Waals surface area (Å²) in [6.07, 6.45) is 2.19. The lowest BCUT2D eigenvalue weighted by Crippen LogP contribution is -2.38. The van der Waals surface area contributed by atoms with Crippen molar-refractivity contribution in [2.24, 2.45) is 11.8 Å². The van der Waals surface area contributed by atoms with E-state index in [2.05, 4.69) is 5.32 Å². The van der Waals surface area contributed by atoms with Crippen molar-refractivity contribution in [1.82, 2.24) is 5.32 Å². The molecule has 2 aromatic rings. The molecule has 0 aromatic heterocycles. The zero-order chi connectivity index (χ0) is 17.6. The second-order valence-corrected chi connectivity index (χ2v) is 7.78. The van der Waals surface area contributed by atoms with E-state index in [1.807, 2.05) is 54.2 Å². The van der Waals surface area contributed by atoms with Gasteiger partial charge in [-0.05, 0) is 47.1 Å². The van der Waals surface area contributed by atoms with Crippen molar-refractivity contribution in [3.8, 4) is 0 Å². The van der Waals surface area contributed by atoms with Gasteiger partial charge in [-0.15, -0.1) is 0 Å². The molecular formula is C20H23NO3S. The first-order valence-corrected chi connectivity index (χ1v) is 9.85. The molecule has 3 rings (SSSR count). The molecule has 1 amide bonds. The van der Waals surface area contributed by atoms with Crippen LogP contribution < -0.4 is 5.32 Å². The van der Waals surface area contributed by atoms with Crippen LogP contribution in [0.3, 0.4) is 0 Å². The molecular weight excluding hydrogens is 334 g/mol. The highest BCUT2D eigenvalue weighted by Gasteiger charge is 2.24. The fraction of sp³-hybridized carbons (Fsp3) is 0.400. The molecule has 2 N–H and O–H groups in total. The molecule has 1 heterocycles. The Bertz CT molecular complexity index is 755. The summed E-state index contributed by atoms with van der Waals surface area (Å²) >= 11 is 1.87. The number of carbonyl (C=O) groups is 2. The van der Waals surface area contributed by atoms with Crippen molar-refractivity contribution in [3.63, 3.8) is 0 Å². The molecule has 0 aliphatic carbocycles. The number of amides is 1. The normalized spacial score (nSPS) is 16.5. The topological polar surface area (TPSA) is 66.4 Å². The summed E-state index contributed by atoms with van der Waals surface area (Å²) < 4.78 is 0. The minimum atomic E-state index is -0.868. The molecule has 0 saturated carbocycles. The summed E-state index contributed by atoms with van der Waals surface area (Å²) in [5.74, 6) is 0.590. The third-order valence-electron chi connectivity index (χ3n) is 4.76. The summed E-state index contributed by atoms with van der Waals surface area (Å²) in [4.78, 5) is 23.8. The van der Waals surface area contributed by atoms with Crippen LogP contribution in [-0.2, 0) is 16.0 Å². The first-order chi connectivity index (χ1) is 12.1. The number of carbonyl (C=O) groups excluding carboxylic acids is 1.